The van der Waals surface area contributed by atoms with E-state index in [0.717, 1.165) is 6.42 Å². The standard InChI is InChI=1S/C21H23ClN2O3/c1-14-10-15(11-23)12-24(14)20(25)13-27-19-8-4-17(5-9-19)21(26)16-2-6-18(22)7-3-16/h2-9,14-15H,10-13,23H2,1H3. The zero-order valence-corrected chi connectivity index (χ0v) is 16.0. The van der Waals surface area contributed by atoms with Crippen LogP contribution in [0.15, 0.2) is 48.5 Å². The van der Waals surface area contributed by atoms with Crippen molar-refractivity contribution in [3.05, 3.63) is 64.7 Å². The van der Waals surface area contributed by atoms with Gasteiger partial charge in [-0.3, -0.25) is 9.59 Å². The minimum absolute atomic E-state index is 0.0217. The third-order valence-corrected chi connectivity index (χ3v) is 5.15. The molecule has 27 heavy (non-hydrogen) atoms. The number of rotatable bonds is 6. The van der Waals surface area contributed by atoms with Crippen LogP contribution < -0.4 is 10.5 Å². The zero-order chi connectivity index (χ0) is 19.4. The van der Waals surface area contributed by atoms with Crippen molar-refractivity contribution in [2.24, 2.45) is 11.7 Å². The minimum Gasteiger partial charge on any atom is -0.484 e. The summed E-state index contributed by atoms with van der Waals surface area (Å²) in [4.78, 5) is 26.7. The van der Waals surface area contributed by atoms with Crippen LogP contribution in [0.5, 0.6) is 5.75 Å². The Labute approximate surface area is 164 Å². The number of ketones is 1. The van der Waals surface area contributed by atoms with Crippen molar-refractivity contribution in [3.8, 4) is 5.75 Å². The number of likely N-dealkylation sites (tertiary alicyclic amines) is 1. The maximum atomic E-state index is 12.4. The molecule has 2 N–H and O–H groups in total. The lowest BCUT2D eigenvalue weighted by Crippen LogP contribution is -2.37. The van der Waals surface area contributed by atoms with E-state index in [1.807, 2.05) is 11.8 Å². The second kappa shape index (κ2) is 8.55. The van der Waals surface area contributed by atoms with Gasteiger partial charge in [-0.15, -0.1) is 0 Å². The van der Waals surface area contributed by atoms with Crippen molar-refractivity contribution in [1.29, 1.82) is 0 Å². The number of ether oxygens (including phenoxy) is 1. The highest BCUT2D eigenvalue weighted by molar-refractivity contribution is 6.30. The summed E-state index contributed by atoms with van der Waals surface area (Å²) in [6.45, 7) is 3.29. The Kier molecular flexibility index (Phi) is 6.14. The molecule has 5 nitrogen and oxygen atoms in total. The summed E-state index contributed by atoms with van der Waals surface area (Å²) in [6.07, 6.45) is 0.934. The van der Waals surface area contributed by atoms with Gasteiger partial charge in [0.2, 0.25) is 0 Å². The molecule has 0 spiro atoms. The van der Waals surface area contributed by atoms with E-state index in [1.165, 1.54) is 0 Å². The van der Waals surface area contributed by atoms with Crippen LogP contribution in [0.25, 0.3) is 0 Å². The van der Waals surface area contributed by atoms with E-state index in [9.17, 15) is 9.59 Å². The molecular formula is C21H23ClN2O3. The Balaban J connectivity index is 1.57. The molecule has 1 amide bonds. The van der Waals surface area contributed by atoms with Crippen LogP contribution in [-0.2, 0) is 4.79 Å². The lowest BCUT2D eigenvalue weighted by molar-refractivity contribution is -0.134. The van der Waals surface area contributed by atoms with Crippen molar-refractivity contribution in [3.63, 3.8) is 0 Å². The van der Waals surface area contributed by atoms with Crippen LogP contribution >= 0.6 is 11.6 Å². The SMILES string of the molecule is CC1CC(CN)CN1C(=O)COc1ccc(C(=O)c2ccc(Cl)cc2)cc1. The van der Waals surface area contributed by atoms with E-state index < -0.39 is 0 Å². The smallest absolute Gasteiger partial charge is 0.260 e. The molecule has 1 heterocycles. The van der Waals surface area contributed by atoms with Gasteiger partial charge < -0.3 is 15.4 Å². The second-order valence-electron chi connectivity index (χ2n) is 6.88. The molecule has 2 aromatic rings. The molecule has 1 aliphatic rings. The molecule has 1 saturated heterocycles. The van der Waals surface area contributed by atoms with E-state index in [1.54, 1.807) is 48.5 Å². The third kappa shape index (κ3) is 4.67. The zero-order valence-electron chi connectivity index (χ0n) is 15.2. The predicted molar refractivity (Wildman–Crippen MR) is 105 cm³/mol. The first-order chi connectivity index (χ1) is 13.0. The van der Waals surface area contributed by atoms with Gasteiger partial charge in [-0.05, 0) is 74.3 Å². The summed E-state index contributed by atoms with van der Waals surface area (Å²) in [5.41, 5.74) is 6.83. The Bertz CT molecular complexity index is 805. The molecular weight excluding hydrogens is 364 g/mol. The van der Waals surface area contributed by atoms with E-state index in [2.05, 4.69) is 0 Å². The molecule has 2 atom stereocenters. The summed E-state index contributed by atoms with van der Waals surface area (Å²) in [7, 11) is 0. The van der Waals surface area contributed by atoms with E-state index in [4.69, 9.17) is 22.1 Å². The highest BCUT2D eigenvalue weighted by atomic mass is 35.5. The third-order valence-electron chi connectivity index (χ3n) is 4.90. The predicted octanol–water partition coefficient (Wildman–Crippen LogP) is 3.15. The number of carbonyl (C=O) groups excluding carboxylic acids is 2. The molecule has 0 bridgehead atoms. The number of nitrogens with zero attached hydrogens (tertiary/aromatic N) is 1. The van der Waals surface area contributed by atoms with Crippen molar-refractivity contribution in [2.45, 2.75) is 19.4 Å². The van der Waals surface area contributed by atoms with Crippen molar-refractivity contribution in [1.82, 2.24) is 4.90 Å². The normalized spacial score (nSPS) is 19.1. The van der Waals surface area contributed by atoms with Crippen LogP contribution in [0.2, 0.25) is 5.02 Å². The van der Waals surface area contributed by atoms with Gasteiger partial charge in [0.15, 0.2) is 12.4 Å². The number of carbonyl (C=O) groups is 2. The Hall–Kier alpha value is -2.37. The van der Waals surface area contributed by atoms with Crippen molar-refractivity contribution in [2.75, 3.05) is 19.7 Å². The molecule has 142 valence electrons. The molecule has 0 radical (unpaired) electrons. The summed E-state index contributed by atoms with van der Waals surface area (Å²) >= 11 is 5.85. The molecule has 2 unspecified atom stereocenters. The summed E-state index contributed by atoms with van der Waals surface area (Å²) in [5.74, 6) is 0.785. The lowest BCUT2D eigenvalue weighted by atomic mass is 10.0. The number of hydrogen-bond donors (Lipinski definition) is 1. The molecule has 2 aromatic carbocycles. The number of nitrogens with two attached hydrogens (primary N) is 1. The van der Waals surface area contributed by atoms with Crippen molar-refractivity contribution < 1.29 is 14.3 Å². The Morgan fingerprint density at radius 1 is 1.11 bits per heavy atom. The van der Waals surface area contributed by atoms with Gasteiger partial charge in [0.05, 0.1) is 0 Å². The maximum absolute atomic E-state index is 12.4. The number of amides is 1. The highest BCUT2D eigenvalue weighted by Crippen LogP contribution is 2.22. The van der Waals surface area contributed by atoms with Crippen LogP contribution in [0.3, 0.4) is 0 Å². The Morgan fingerprint density at radius 3 is 2.26 bits per heavy atom. The topological polar surface area (TPSA) is 72.6 Å². The van der Waals surface area contributed by atoms with Gasteiger partial charge in [-0.25, -0.2) is 0 Å². The molecule has 0 aromatic heterocycles. The summed E-state index contributed by atoms with van der Waals surface area (Å²) in [6, 6.07) is 13.7. The van der Waals surface area contributed by atoms with Gasteiger partial charge in [0, 0.05) is 28.7 Å². The largest absolute Gasteiger partial charge is 0.484 e. The fourth-order valence-corrected chi connectivity index (χ4v) is 3.49. The lowest BCUT2D eigenvalue weighted by Gasteiger charge is -2.21. The molecule has 0 saturated carbocycles. The average molecular weight is 387 g/mol. The Morgan fingerprint density at radius 2 is 1.70 bits per heavy atom. The minimum atomic E-state index is -0.0898. The molecule has 0 aliphatic carbocycles. The monoisotopic (exact) mass is 386 g/mol. The first kappa shape index (κ1) is 19.4. The number of halogens is 1. The van der Waals surface area contributed by atoms with Gasteiger partial charge in [0.1, 0.15) is 5.75 Å². The van der Waals surface area contributed by atoms with Gasteiger partial charge >= 0.3 is 0 Å². The van der Waals surface area contributed by atoms with E-state index in [0.29, 0.717) is 40.9 Å². The summed E-state index contributed by atoms with van der Waals surface area (Å²) in [5, 5.41) is 0.588. The van der Waals surface area contributed by atoms with Gasteiger partial charge in [0.25, 0.3) is 5.91 Å². The first-order valence-electron chi connectivity index (χ1n) is 9.00. The molecule has 3 rings (SSSR count). The fourth-order valence-electron chi connectivity index (χ4n) is 3.36. The van der Waals surface area contributed by atoms with Crippen molar-refractivity contribution >= 4 is 23.3 Å². The van der Waals surface area contributed by atoms with Crippen LogP contribution in [0, 0.1) is 5.92 Å². The number of hydrogen-bond acceptors (Lipinski definition) is 4. The van der Waals surface area contributed by atoms with Crippen LogP contribution in [0.4, 0.5) is 0 Å². The quantitative estimate of drug-likeness (QED) is 0.774. The maximum Gasteiger partial charge on any atom is 0.260 e. The van der Waals surface area contributed by atoms with Crippen LogP contribution in [0.1, 0.15) is 29.3 Å². The summed E-state index contributed by atoms with van der Waals surface area (Å²) < 4.78 is 5.60. The van der Waals surface area contributed by atoms with E-state index >= 15 is 0 Å². The first-order valence-corrected chi connectivity index (χ1v) is 9.38. The molecule has 1 aliphatic heterocycles. The fraction of sp³-hybridized carbons (Fsp3) is 0.333. The second-order valence-corrected chi connectivity index (χ2v) is 7.32. The number of benzene rings is 2. The van der Waals surface area contributed by atoms with Gasteiger partial charge in [-0.1, -0.05) is 11.6 Å². The average Bonchev–Trinajstić information content (AvgIpc) is 3.07. The van der Waals surface area contributed by atoms with E-state index in [-0.39, 0.29) is 24.3 Å². The van der Waals surface area contributed by atoms with Gasteiger partial charge in [-0.2, -0.15) is 0 Å². The highest BCUT2D eigenvalue weighted by Gasteiger charge is 2.31. The van der Waals surface area contributed by atoms with Crippen LogP contribution in [-0.4, -0.2) is 42.3 Å². The molecule has 1 fully saturated rings. The molecule has 6 heteroatoms.